The number of nitrogens with zero attached hydrogens (tertiary/aromatic N) is 5. The summed E-state index contributed by atoms with van der Waals surface area (Å²) in [4.78, 5) is 17.1. The molecule has 8 nitrogen and oxygen atoms in total. The van der Waals surface area contributed by atoms with Crippen molar-refractivity contribution in [2.45, 2.75) is 43.7 Å². The monoisotopic (exact) mass is 587 g/mol. The average Bonchev–Trinajstić information content (AvgIpc) is 3.51. The van der Waals surface area contributed by atoms with Crippen molar-refractivity contribution in [2.24, 2.45) is 13.0 Å². The number of aromatic nitrogens is 3. The lowest BCUT2D eigenvalue weighted by molar-refractivity contribution is -0.138. The number of piperidine rings is 1. The highest BCUT2D eigenvalue weighted by Crippen LogP contribution is 2.47. The number of benzene rings is 2. The summed E-state index contributed by atoms with van der Waals surface area (Å²) in [5, 5.41) is 7.71. The van der Waals surface area contributed by atoms with Crippen molar-refractivity contribution in [1.29, 1.82) is 0 Å². The van der Waals surface area contributed by atoms with Gasteiger partial charge in [-0.2, -0.15) is 13.2 Å². The number of halogens is 4. The van der Waals surface area contributed by atoms with Crippen LogP contribution in [0.2, 0.25) is 0 Å². The fourth-order valence-electron chi connectivity index (χ4n) is 6.36. The average molecular weight is 588 g/mol. The summed E-state index contributed by atoms with van der Waals surface area (Å²) in [6, 6.07) is 9.56. The highest BCUT2D eigenvalue weighted by molar-refractivity contribution is 6.10. The number of fused-ring (bicyclic) bond motifs is 1. The SMILES string of the molecule is COCC1CCN(Cc2cc3c(c(C(F)(F)F)c2)CN(c2cccc(C4([C@@H](F)c5nncn5C)COC4)c2)C3=O)CC1. The molecule has 3 aliphatic rings. The normalized spacial score (nSPS) is 20.0. The van der Waals surface area contributed by atoms with Crippen molar-refractivity contribution in [3.63, 3.8) is 0 Å². The molecule has 2 saturated heterocycles. The number of ether oxygens (including phenoxy) is 2. The molecule has 1 aromatic heterocycles. The molecule has 1 amide bonds. The van der Waals surface area contributed by atoms with Gasteiger partial charge >= 0.3 is 6.18 Å². The Labute approximate surface area is 241 Å². The van der Waals surface area contributed by atoms with E-state index in [-0.39, 0.29) is 36.7 Å². The molecule has 1 atom stereocenters. The predicted octanol–water partition coefficient (Wildman–Crippen LogP) is 4.83. The number of methoxy groups -OCH3 is 1. The number of hydrogen-bond acceptors (Lipinski definition) is 6. The van der Waals surface area contributed by atoms with Gasteiger partial charge in [0.1, 0.15) is 6.33 Å². The minimum Gasteiger partial charge on any atom is -0.384 e. The van der Waals surface area contributed by atoms with Crippen molar-refractivity contribution in [2.75, 3.05) is 44.9 Å². The molecule has 0 aliphatic carbocycles. The van der Waals surface area contributed by atoms with E-state index in [9.17, 15) is 18.0 Å². The topological polar surface area (TPSA) is 72.7 Å². The molecule has 3 aliphatic heterocycles. The fourth-order valence-corrected chi connectivity index (χ4v) is 6.36. The second-order valence-corrected chi connectivity index (χ2v) is 11.6. The van der Waals surface area contributed by atoms with E-state index < -0.39 is 29.2 Å². The van der Waals surface area contributed by atoms with Gasteiger partial charge in [0.05, 0.1) is 30.7 Å². The Balaban J connectivity index is 1.28. The summed E-state index contributed by atoms with van der Waals surface area (Å²) in [7, 11) is 3.32. The zero-order valence-corrected chi connectivity index (χ0v) is 23.5. The lowest BCUT2D eigenvalue weighted by Crippen LogP contribution is -2.50. The molecule has 0 spiro atoms. The van der Waals surface area contributed by atoms with Crippen LogP contribution in [-0.2, 0) is 41.2 Å². The molecule has 0 bridgehead atoms. The second-order valence-electron chi connectivity index (χ2n) is 11.6. The standard InChI is InChI=1S/C30H33F4N5O3/c1-37-18-35-36-27(37)26(31)29(16-42-17-29)21-4-3-5-22(12-21)39-14-24-23(28(39)40)10-20(11-25(24)30(32,33)34)13-38-8-6-19(7-9-38)15-41-2/h3-5,10-12,18-19,26H,6-9,13-17H2,1-2H3/t26-/m0/s1. The van der Waals surface area contributed by atoms with Crippen LogP contribution in [-0.4, -0.2) is 65.6 Å². The molecule has 3 aromatic rings. The molecule has 6 rings (SSSR count). The third kappa shape index (κ3) is 5.09. The number of carbonyl (C=O) groups excluding carboxylic acids is 1. The van der Waals surface area contributed by atoms with Gasteiger partial charge < -0.3 is 18.9 Å². The molecule has 12 heteroatoms. The van der Waals surface area contributed by atoms with Gasteiger partial charge in [-0.25, -0.2) is 4.39 Å². The highest BCUT2D eigenvalue weighted by Gasteiger charge is 2.51. The predicted molar refractivity (Wildman–Crippen MR) is 146 cm³/mol. The Kier molecular flexibility index (Phi) is 7.57. The quantitative estimate of drug-likeness (QED) is 0.352. The molecule has 0 N–H and O–H groups in total. The number of rotatable bonds is 8. The number of alkyl halides is 4. The van der Waals surface area contributed by atoms with Crippen molar-refractivity contribution >= 4 is 11.6 Å². The number of anilines is 1. The third-order valence-electron chi connectivity index (χ3n) is 8.83. The summed E-state index contributed by atoms with van der Waals surface area (Å²) in [5.41, 5.74) is -0.365. The first kappa shape index (κ1) is 28.8. The van der Waals surface area contributed by atoms with E-state index in [1.807, 2.05) is 0 Å². The third-order valence-corrected chi connectivity index (χ3v) is 8.83. The van der Waals surface area contributed by atoms with Gasteiger partial charge in [0, 0.05) is 38.6 Å². The maximum atomic E-state index is 15.9. The zero-order valence-electron chi connectivity index (χ0n) is 23.5. The Hall–Kier alpha value is -3.35. The van der Waals surface area contributed by atoms with Crippen LogP contribution in [0, 0.1) is 5.92 Å². The van der Waals surface area contributed by atoms with Crippen molar-refractivity contribution in [1.82, 2.24) is 19.7 Å². The summed E-state index contributed by atoms with van der Waals surface area (Å²) >= 11 is 0. The van der Waals surface area contributed by atoms with E-state index in [1.165, 1.54) is 21.9 Å². The van der Waals surface area contributed by atoms with E-state index in [1.54, 1.807) is 44.5 Å². The summed E-state index contributed by atoms with van der Waals surface area (Å²) in [6.07, 6.45) is -2.90. The second kappa shape index (κ2) is 11.1. The number of carbonyl (C=O) groups is 1. The molecule has 0 radical (unpaired) electrons. The number of aryl methyl sites for hydroxylation is 1. The van der Waals surface area contributed by atoms with Crippen LogP contribution in [0.4, 0.5) is 23.2 Å². The summed E-state index contributed by atoms with van der Waals surface area (Å²) < 4.78 is 71.0. The molecule has 2 fully saturated rings. The molecular weight excluding hydrogens is 554 g/mol. The molecule has 42 heavy (non-hydrogen) atoms. The van der Waals surface area contributed by atoms with E-state index in [2.05, 4.69) is 15.1 Å². The van der Waals surface area contributed by atoms with E-state index in [4.69, 9.17) is 9.47 Å². The first-order valence-electron chi connectivity index (χ1n) is 14.0. The smallest absolute Gasteiger partial charge is 0.384 e. The Morgan fingerprint density at radius 2 is 1.93 bits per heavy atom. The molecule has 2 aromatic carbocycles. The molecule has 0 unspecified atom stereocenters. The van der Waals surface area contributed by atoms with Gasteiger partial charge in [0.15, 0.2) is 12.0 Å². The number of hydrogen-bond donors (Lipinski definition) is 0. The molecule has 4 heterocycles. The van der Waals surface area contributed by atoms with Crippen LogP contribution in [0.3, 0.4) is 0 Å². The lowest BCUT2D eigenvalue weighted by Gasteiger charge is -2.43. The first-order valence-corrected chi connectivity index (χ1v) is 14.0. The van der Waals surface area contributed by atoms with Gasteiger partial charge in [0.2, 0.25) is 0 Å². The van der Waals surface area contributed by atoms with Crippen LogP contribution in [0.15, 0.2) is 42.7 Å². The van der Waals surface area contributed by atoms with E-state index in [0.717, 1.165) is 25.9 Å². The van der Waals surface area contributed by atoms with Crippen LogP contribution in [0.5, 0.6) is 0 Å². The summed E-state index contributed by atoms with van der Waals surface area (Å²) in [5.74, 6) is 0.0950. The zero-order chi connectivity index (χ0) is 29.6. The van der Waals surface area contributed by atoms with Crippen molar-refractivity contribution < 1.29 is 31.8 Å². The van der Waals surface area contributed by atoms with E-state index >= 15 is 4.39 Å². The van der Waals surface area contributed by atoms with Gasteiger partial charge in [-0.15, -0.1) is 10.2 Å². The van der Waals surface area contributed by atoms with Crippen molar-refractivity contribution in [3.8, 4) is 0 Å². The minimum atomic E-state index is -4.62. The molecule has 0 saturated carbocycles. The Morgan fingerprint density at radius 3 is 2.55 bits per heavy atom. The lowest BCUT2D eigenvalue weighted by atomic mass is 9.74. The van der Waals surface area contributed by atoms with Crippen molar-refractivity contribution in [3.05, 3.63) is 76.4 Å². The highest BCUT2D eigenvalue weighted by atomic mass is 19.4. The Bertz CT molecular complexity index is 1460. The maximum Gasteiger partial charge on any atom is 0.416 e. The largest absolute Gasteiger partial charge is 0.416 e. The number of amides is 1. The van der Waals surface area contributed by atoms with Gasteiger partial charge in [-0.3, -0.25) is 9.69 Å². The first-order chi connectivity index (χ1) is 20.1. The van der Waals surface area contributed by atoms with Gasteiger partial charge in [-0.05, 0) is 72.8 Å². The van der Waals surface area contributed by atoms with Crippen LogP contribution in [0.1, 0.15) is 57.4 Å². The van der Waals surface area contributed by atoms with Crippen LogP contribution < -0.4 is 4.90 Å². The van der Waals surface area contributed by atoms with E-state index in [0.29, 0.717) is 35.9 Å². The molecular formula is C30H33F4N5O3. The Morgan fingerprint density at radius 1 is 1.17 bits per heavy atom. The fraction of sp³-hybridized carbons (Fsp3) is 0.500. The van der Waals surface area contributed by atoms with Crippen LogP contribution in [0.25, 0.3) is 0 Å². The minimum absolute atomic E-state index is 0.0374. The molecule has 224 valence electrons. The van der Waals surface area contributed by atoms with Gasteiger partial charge in [-0.1, -0.05) is 12.1 Å². The maximum absolute atomic E-state index is 15.9. The summed E-state index contributed by atoms with van der Waals surface area (Å²) in [6.45, 7) is 2.51. The van der Waals surface area contributed by atoms with Crippen LogP contribution >= 0.6 is 0 Å². The van der Waals surface area contributed by atoms with Gasteiger partial charge in [0.25, 0.3) is 5.91 Å². The number of likely N-dealkylation sites (tertiary alicyclic amines) is 1.